The van der Waals surface area contributed by atoms with Gasteiger partial charge in [-0.15, -0.1) is 6.58 Å². The molecule has 0 unspecified atom stereocenters. The van der Waals surface area contributed by atoms with E-state index >= 15 is 0 Å². The first-order valence-corrected chi connectivity index (χ1v) is 5.49. The second-order valence-corrected chi connectivity index (χ2v) is 3.93. The third-order valence-corrected chi connectivity index (χ3v) is 2.70. The predicted octanol–water partition coefficient (Wildman–Crippen LogP) is 1.34. The van der Waals surface area contributed by atoms with E-state index < -0.39 is 6.04 Å². The van der Waals surface area contributed by atoms with E-state index in [1.165, 1.54) is 4.90 Å². The molecule has 3 amide bonds. The average Bonchev–Trinajstić information content (AvgIpc) is 2.59. The zero-order chi connectivity index (χ0) is 12.3. The number of rotatable bonds is 4. The number of nitrogens with zero attached hydrogens (tertiary/aromatic N) is 1. The highest BCUT2D eigenvalue weighted by Gasteiger charge is 2.36. The van der Waals surface area contributed by atoms with Gasteiger partial charge in [0.1, 0.15) is 6.04 Å². The van der Waals surface area contributed by atoms with Crippen LogP contribution in [-0.2, 0) is 11.2 Å². The standard InChI is InChI=1S/C13H14N2O2/c1-2-8-15-12(16)11(14-13(15)17)9-10-6-4-3-5-7-10/h2-7,11H,1,8-9H2,(H,14,17)/t11-/m0/s1. The highest BCUT2D eigenvalue weighted by Crippen LogP contribution is 2.11. The Morgan fingerprint density at radius 2 is 2.00 bits per heavy atom. The molecule has 0 spiro atoms. The van der Waals surface area contributed by atoms with Crippen LogP contribution >= 0.6 is 0 Å². The van der Waals surface area contributed by atoms with Crippen molar-refractivity contribution in [3.8, 4) is 0 Å². The van der Waals surface area contributed by atoms with Gasteiger partial charge in [-0.2, -0.15) is 0 Å². The van der Waals surface area contributed by atoms with Gasteiger partial charge in [-0.05, 0) is 5.56 Å². The molecule has 2 rings (SSSR count). The molecule has 4 nitrogen and oxygen atoms in total. The number of hydrogen-bond donors (Lipinski definition) is 1. The van der Waals surface area contributed by atoms with E-state index in [2.05, 4.69) is 11.9 Å². The molecule has 1 N–H and O–H groups in total. The van der Waals surface area contributed by atoms with Gasteiger partial charge in [0.05, 0.1) is 0 Å². The topological polar surface area (TPSA) is 49.4 Å². The van der Waals surface area contributed by atoms with E-state index in [0.717, 1.165) is 5.56 Å². The predicted molar refractivity (Wildman–Crippen MR) is 64.4 cm³/mol. The van der Waals surface area contributed by atoms with Crippen molar-refractivity contribution in [1.29, 1.82) is 0 Å². The Hall–Kier alpha value is -2.10. The molecule has 88 valence electrons. The third kappa shape index (κ3) is 2.36. The molecule has 1 heterocycles. The number of amides is 3. The minimum absolute atomic E-state index is 0.182. The number of urea groups is 1. The summed E-state index contributed by atoms with van der Waals surface area (Å²) in [7, 11) is 0. The molecule has 0 saturated carbocycles. The number of nitrogens with one attached hydrogen (secondary N) is 1. The first-order valence-electron chi connectivity index (χ1n) is 5.49. The molecule has 1 aromatic rings. The summed E-state index contributed by atoms with van der Waals surface area (Å²) in [5.74, 6) is -0.182. The minimum atomic E-state index is -0.454. The summed E-state index contributed by atoms with van der Waals surface area (Å²) in [5.41, 5.74) is 1.03. The molecule has 4 heteroatoms. The van der Waals surface area contributed by atoms with Crippen molar-refractivity contribution in [2.75, 3.05) is 6.54 Å². The lowest BCUT2D eigenvalue weighted by Gasteiger charge is -2.10. The summed E-state index contributed by atoms with van der Waals surface area (Å²) in [4.78, 5) is 24.6. The molecule has 1 aromatic carbocycles. The normalized spacial score (nSPS) is 19.3. The molecular weight excluding hydrogens is 216 g/mol. The zero-order valence-electron chi connectivity index (χ0n) is 9.43. The monoisotopic (exact) mass is 230 g/mol. The van der Waals surface area contributed by atoms with Crippen molar-refractivity contribution < 1.29 is 9.59 Å². The first-order chi connectivity index (χ1) is 8.22. The fourth-order valence-electron chi connectivity index (χ4n) is 1.87. The number of benzene rings is 1. The highest BCUT2D eigenvalue weighted by atomic mass is 16.2. The number of carbonyl (C=O) groups excluding carboxylic acids is 2. The van der Waals surface area contributed by atoms with Crippen LogP contribution in [0.25, 0.3) is 0 Å². The van der Waals surface area contributed by atoms with E-state index in [4.69, 9.17) is 0 Å². The van der Waals surface area contributed by atoms with E-state index in [-0.39, 0.29) is 18.5 Å². The number of imide groups is 1. The third-order valence-electron chi connectivity index (χ3n) is 2.70. The Labute approximate surface area is 99.9 Å². The van der Waals surface area contributed by atoms with Crippen molar-refractivity contribution in [3.05, 3.63) is 48.6 Å². The fraction of sp³-hybridized carbons (Fsp3) is 0.231. The van der Waals surface area contributed by atoms with Crippen LogP contribution in [0, 0.1) is 0 Å². The lowest BCUT2D eigenvalue weighted by atomic mass is 10.1. The van der Waals surface area contributed by atoms with Crippen molar-refractivity contribution >= 4 is 11.9 Å². The highest BCUT2D eigenvalue weighted by molar-refractivity contribution is 6.04. The Morgan fingerprint density at radius 3 is 2.65 bits per heavy atom. The average molecular weight is 230 g/mol. The number of carbonyl (C=O) groups is 2. The molecule has 0 bridgehead atoms. The summed E-state index contributed by atoms with van der Waals surface area (Å²) in [6.07, 6.45) is 2.07. The van der Waals surface area contributed by atoms with E-state index in [0.29, 0.717) is 6.42 Å². The molecular formula is C13H14N2O2. The van der Waals surface area contributed by atoms with Gasteiger partial charge in [0.15, 0.2) is 0 Å². The summed E-state index contributed by atoms with van der Waals surface area (Å²) in [6, 6.07) is 8.84. The van der Waals surface area contributed by atoms with Crippen molar-refractivity contribution in [2.24, 2.45) is 0 Å². The van der Waals surface area contributed by atoms with E-state index in [1.807, 2.05) is 30.3 Å². The van der Waals surface area contributed by atoms with Crippen LogP contribution in [0.4, 0.5) is 4.79 Å². The van der Waals surface area contributed by atoms with Gasteiger partial charge in [0.2, 0.25) is 0 Å². The van der Waals surface area contributed by atoms with Crippen LogP contribution in [0.2, 0.25) is 0 Å². The molecule has 1 aliphatic rings. The molecule has 17 heavy (non-hydrogen) atoms. The van der Waals surface area contributed by atoms with Crippen molar-refractivity contribution in [1.82, 2.24) is 10.2 Å². The fourth-order valence-corrected chi connectivity index (χ4v) is 1.87. The SMILES string of the molecule is C=CCN1C(=O)N[C@@H](Cc2ccccc2)C1=O. The maximum atomic E-state index is 11.9. The van der Waals surface area contributed by atoms with Gasteiger partial charge in [0.25, 0.3) is 5.91 Å². The first kappa shape index (κ1) is 11.4. The van der Waals surface area contributed by atoms with Gasteiger partial charge < -0.3 is 5.32 Å². The molecule has 1 aliphatic heterocycles. The second-order valence-electron chi connectivity index (χ2n) is 3.93. The van der Waals surface area contributed by atoms with Crippen LogP contribution in [0.5, 0.6) is 0 Å². The maximum absolute atomic E-state index is 11.9. The molecule has 1 atom stereocenters. The quantitative estimate of drug-likeness (QED) is 0.626. The second kappa shape index (κ2) is 4.82. The molecule has 0 radical (unpaired) electrons. The molecule has 0 aliphatic carbocycles. The number of hydrogen-bond acceptors (Lipinski definition) is 2. The molecule has 1 saturated heterocycles. The summed E-state index contributed by atoms with van der Waals surface area (Å²) in [5, 5.41) is 2.68. The smallest absolute Gasteiger partial charge is 0.325 e. The summed E-state index contributed by atoms with van der Waals surface area (Å²) < 4.78 is 0. The Bertz CT molecular complexity index is 442. The van der Waals surface area contributed by atoms with Crippen molar-refractivity contribution in [2.45, 2.75) is 12.5 Å². The van der Waals surface area contributed by atoms with Crippen LogP contribution in [-0.4, -0.2) is 29.4 Å². The molecule has 1 fully saturated rings. The van der Waals surface area contributed by atoms with Gasteiger partial charge in [0, 0.05) is 13.0 Å². The Balaban J connectivity index is 2.07. The van der Waals surface area contributed by atoms with Gasteiger partial charge in [-0.3, -0.25) is 9.69 Å². The maximum Gasteiger partial charge on any atom is 0.325 e. The lowest BCUT2D eigenvalue weighted by molar-refractivity contribution is -0.127. The zero-order valence-corrected chi connectivity index (χ0v) is 9.43. The van der Waals surface area contributed by atoms with E-state index in [1.54, 1.807) is 6.08 Å². The van der Waals surface area contributed by atoms with Gasteiger partial charge in [-0.25, -0.2) is 4.79 Å². The minimum Gasteiger partial charge on any atom is -0.325 e. The van der Waals surface area contributed by atoms with Gasteiger partial charge in [-0.1, -0.05) is 36.4 Å². The van der Waals surface area contributed by atoms with Crippen LogP contribution in [0.15, 0.2) is 43.0 Å². The summed E-state index contributed by atoms with van der Waals surface area (Å²) in [6.45, 7) is 3.79. The van der Waals surface area contributed by atoms with E-state index in [9.17, 15) is 9.59 Å². The van der Waals surface area contributed by atoms with Crippen LogP contribution in [0.3, 0.4) is 0 Å². The molecule has 0 aromatic heterocycles. The van der Waals surface area contributed by atoms with Gasteiger partial charge >= 0.3 is 6.03 Å². The lowest BCUT2D eigenvalue weighted by Crippen LogP contribution is -2.32. The van der Waals surface area contributed by atoms with Crippen molar-refractivity contribution in [3.63, 3.8) is 0 Å². The summed E-state index contributed by atoms with van der Waals surface area (Å²) >= 11 is 0. The Kier molecular flexibility index (Phi) is 3.23. The largest absolute Gasteiger partial charge is 0.325 e. The van der Waals surface area contributed by atoms with Crippen LogP contribution in [0.1, 0.15) is 5.56 Å². The van der Waals surface area contributed by atoms with Crippen LogP contribution < -0.4 is 5.32 Å². The Morgan fingerprint density at radius 1 is 1.29 bits per heavy atom.